The van der Waals surface area contributed by atoms with Crippen LogP contribution >= 0.6 is 11.6 Å². The minimum atomic E-state index is -2.63. The van der Waals surface area contributed by atoms with E-state index >= 15 is 0 Å². The van der Waals surface area contributed by atoms with Crippen molar-refractivity contribution in [2.75, 3.05) is 18.1 Å². The number of nitrogens with two attached hydrogens (primary N) is 2. The Labute approximate surface area is 123 Å². The Bertz CT molecular complexity index is 694. The molecule has 1 saturated heterocycles. The first-order chi connectivity index (χ1) is 9.86. The molecule has 0 spiro atoms. The van der Waals surface area contributed by atoms with Gasteiger partial charge >= 0.3 is 0 Å². The minimum Gasteiger partial charge on any atom is -0.394 e. The maximum absolute atomic E-state index is 14.6. The molecule has 0 saturated carbocycles. The first kappa shape index (κ1) is 14.3. The van der Waals surface area contributed by atoms with Gasteiger partial charge in [-0.3, -0.25) is 0 Å². The number of hydrogen-bond acceptors (Lipinski definition) is 7. The van der Waals surface area contributed by atoms with E-state index in [0.717, 1.165) is 0 Å². The highest BCUT2D eigenvalue weighted by Crippen LogP contribution is 2.45. The summed E-state index contributed by atoms with van der Waals surface area (Å²) in [5.74, 6) is 0.0452. The Morgan fingerprint density at radius 2 is 2.19 bits per heavy atom. The summed E-state index contributed by atoms with van der Waals surface area (Å²) in [5.41, 5.74) is 11.5. The summed E-state index contributed by atoms with van der Waals surface area (Å²) in [6.45, 7) is -0.575. The predicted molar refractivity (Wildman–Crippen MR) is 73.0 cm³/mol. The van der Waals surface area contributed by atoms with Crippen LogP contribution in [-0.2, 0) is 4.74 Å². The van der Waals surface area contributed by atoms with Crippen LogP contribution in [0.5, 0.6) is 0 Å². The number of halogens is 2. The van der Waals surface area contributed by atoms with Gasteiger partial charge in [0.1, 0.15) is 23.7 Å². The third-order valence-electron chi connectivity index (χ3n) is 3.43. The van der Waals surface area contributed by atoms with Gasteiger partial charge in [0.25, 0.3) is 5.13 Å². The summed E-state index contributed by atoms with van der Waals surface area (Å²) < 4.78 is 21.1. The quantitative estimate of drug-likeness (QED) is 0.561. The molecule has 6 N–H and O–H groups in total. The fourth-order valence-electron chi connectivity index (χ4n) is 2.38. The van der Waals surface area contributed by atoms with Crippen LogP contribution in [0.1, 0.15) is 6.23 Å². The van der Waals surface area contributed by atoms with Crippen LogP contribution in [0.15, 0.2) is 12.3 Å². The van der Waals surface area contributed by atoms with Crippen molar-refractivity contribution in [1.29, 1.82) is 0 Å². The first-order valence-corrected chi connectivity index (χ1v) is 6.45. The molecule has 3 rings (SSSR count). The molecule has 1 aliphatic rings. The maximum atomic E-state index is 14.6. The molecule has 10 heteroatoms. The fraction of sp³-hybridized carbons (Fsp3) is 0.455. The van der Waals surface area contributed by atoms with Gasteiger partial charge in [-0.1, -0.05) is 11.6 Å². The normalized spacial score (nSPS) is 32.9. The molecular weight excluding hydrogens is 305 g/mol. The molecule has 1 unspecified atom stereocenters. The zero-order valence-electron chi connectivity index (χ0n) is 10.6. The lowest BCUT2D eigenvalue weighted by molar-refractivity contribution is -0.0479. The van der Waals surface area contributed by atoms with Gasteiger partial charge in [-0.15, -0.1) is 0 Å². The van der Waals surface area contributed by atoms with Gasteiger partial charge < -0.3 is 31.0 Å². The van der Waals surface area contributed by atoms with Crippen molar-refractivity contribution in [1.82, 2.24) is 14.5 Å². The standard InChI is InChI=1S/C11H13ClFN5O3/c12-11(13)6(20)5(3-19)21-9(11)18-2-1-4-7(14)16-10(15)17-8(4)18/h1-2,5-6,9,19-20H,3H2,(H4,14,15,16,17)/t5-,6?,9-,11-/m1/s1. The number of nitrogens with zero attached hydrogens (tertiary/aromatic N) is 3. The summed E-state index contributed by atoms with van der Waals surface area (Å²) in [7, 11) is 0. The summed E-state index contributed by atoms with van der Waals surface area (Å²) in [5, 5.41) is 16.7. The van der Waals surface area contributed by atoms with E-state index in [2.05, 4.69) is 9.97 Å². The molecule has 4 atom stereocenters. The van der Waals surface area contributed by atoms with Gasteiger partial charge in [0.2, 0.25) is 5.95 Å². The Hall–Kier alpha value is -1.68. The van der Waals surface area contributed by atoms with E-state index in [1.807, 2.05) is 0 Å². The average Bonchev–Trinajstić information content (AvgIpc) is 2.91. The van der Waals surface area contributed by atoms with Gasteiger partial charge in [-0.2, -0.15) is 9.97 Å². The number of alkyl halides is 2. The van der Waals surface area contributed by atoms with Crippen molar-refractivity contribution >= 4 is 34.4 Å². The number of aliphatic hydroxyl groups is 2. The van der Waals surface area contributed by atoms with Crippen LogP contribution in [0.25, 0.3) is 11.0 Å². The number of nitrogen functional groups attached to an aromatic ring is 2. The smallest absolute Gasteiger partial charge is 0.256 e. The summed E-state index contributed by atoms with van der Waals surface area (Å²) in [6, 6.07) is 1.55. The van der Waals surface area contributed by atoms with Crippen molar-refractivity contribution in [3.05, 3.63) is 12.3 Å². The van der Waals surface area contributed by atoms with Crippen LogP contribution in [-0.4, -0.2) is 48.7 Å². The number of anilines is 2. The van der Waals surface area contributed by atoms with Crippen molar-refractivity contribution in [2.24, 2.45) is 0 Å². The molecular formula is C11H13ClFN5O3. The summed E-state index contributed by atoms with van der Waals surface area (Å²) in [4.78, 5) is 7.78. The maximum Gasteiger partial charge on any atom is 0.256 e. The van der Waals surface area contributed by atoms with Gasteiger partial charge in [0, 0.05) is 6.20 Å². The topological polar surface area (TPSA) is 132 Å². The number of rotatable bonds is 2. The second kappa shape index (κ2) is 4.67. The molecule has 8 nitrogen and oxygen atoms in total. The van der Waals surface area contributed by atoms with Gasteiger partial charge in [-0.05, 0) is 6.07 Å². The zero-order valence-corrected chi connectivity index (χ0v) is 11.4. The molecule has 0 aromatic carbocycles. The fourth-order valence-corrected chi connectivity index (χ4v) is 2.68. The van der Waals surface area contributed by atoms with Gasteiger partial charge in [0.05, 0.1) is 12.0 Å². The molecule has 3 heterocycles. The number of fused-ring (bicyclic) bond motifs is 1. The molecule has 1 fully saturated rings. The van der Waals surface area contributed by atoms with E-state index in [4.69, 9.17) is 32.9 Å². The van der Waals surface area contributed by atoms with Crippen molar-refractivity contribution in [3.8, 4) is 0 Å². The van der Waals surface area contributed by atoms with E-state index in [9.17, 15) is 9.50 Å². The number of aromatic nitrogens is 3. The lowest BCUT2D eigenvalue weighted by Gasteiger charge is -2.22. The Morgan fingerprint density at radius 3 is 2.81 bits per heavy atom. The van der Waals surface area contributed by atoms with Crippen LogP contribution in [0.3, 0.4) is 0 Å². The molecule has 2 aromatic rings. The number of aliphatic hydroxyl groups excluding tert-OH is 2. The van der Waals surface area contributed by atoms with Crippen molar-refractivity contribution in [2.45, 2.75) is 23.6 Å². The van der Waals surface area contributed by atoms with Crippen LogP contribution in [0.4, 0.5) is 16.2 Å². The minimum absolute atomic E-state index is 0.0868. The summed E-state index contributed by atoms with van der Waals surface area (Å²) >= 11 is 5.75. The molecule has 21 heavy (non-hydrogen) atoms. The second-order valence-corrected chi connectivity index (χ2v) is 5.34. The van der Waals surface area contributed by atoms with E-state index in [0.29, 0.717) is 5.39 Å². The van der Waals surface area contributed by atoms with E-state index in [1.54, 1.807) is 6.07 Å². The van der Waals surface area contributed by atoms with Gasteiger partial charge in [-0.25, -0.2) is 4.39 Å². The largest absolute Gasteiger partial charge is 0.394 e. The van der Waals surface area contributed by atoms with Gasteiger partial charge in [0.15, 0.2) is 6.23 Å². The highest BCUT2D eigenvalue weighted by Gasteiger charge is 2.57. The van der Waals surface area contributed by atoms with Crippen LogP contribution in [0.2, 0.25) is 0 Å². The number of hydrogen-bond donors (Lipinski definition) is 4. The molecule has 1 aliphatic heterocycles. The first-order valence-electron chi connectivity index (χ1n) is 6.08. The van der Waals surface area contributed by atoms with Crippen LogP contribution in [0, 0.1) is 0 Å². The molecule has 0 aliphatic carbocycles. The third kappa shape index (κ3) is 2.01. The Kier molecular flexibility index (Phi) is 3.17. The van der Waals surface area contributed by atoms with Crippen molar-refractivity contribution < 1.29 is 19.3 Å². The monoisotopic (exact) mass is 317 g/mol. The molecule has 0 radical (unpaired) electrons. The highest BCUT2D eigenvalue weighted by atomic mass is 35.5. The number of ether oxygens (including phenoxy) is 1. The average molecular weight is 318 g/mol. The van der Waals surface area contributed by atoms with E-state index < -0.39 is 30.2 Å². The van der Waals surface area contributed by atoms with Crippen molar-refractivity contribution in [3.63, 3.8) is 0 Å². The third-order valence-corrected chi connectivity index (χ3v) is 3.84. The Balaban J connectivity index is 2.13. The summed E-state index contributed by atoms with van der Waals surface area (Å²) in [6.07, 6.45) is -2.78. The molecule has 114 valence electrons. The SMILES string of the molecule is Nc1nc(N)c2ccn([C@@H]3O[C@H](CO)C(O)[C@]3(F)Cl)c2n1. The van der Waals surface area contributed by atoms with E-state index in [1.165, 1.54) is 10.8 Å². The predicted octanol–water partition coefficient (Wildman–Crippen LogP) is -0.249. The highest BCUT2D eigenvalue weighted by molar-refractivity contribution is 6.23. The lowest BCUT2D eigenvalue weighted by Crippen LogP contribution is -2.38. The molecule has 0 amide bonds. The molecule has 2 aromatic heterocycles. The Morgan fingerprint density at radius 1 is 1.48 bits per heavy atom. The van der Waals surface area contributed by atoms with Crippen LogP contribution < -0.4 is 11.5 Å². The zero-order chi connectivity index (χ0) is 15.4. The lowest BCUT2D eigenvalue weighted by atomic mass is 10.1. The van der Waals surface area contributed by atoms with E-state index in [-0.39, 0.29) is 17.4 Å². The molecule has 0 bridgehead atoms. The second-order valence-electron chi connectivity index (χ2n) is 4.76.